The fourth-order valence-corrected chi connectivity index (χ4v) is 14.5. The van der Waals surface area contributed by atoms with E-state index in [9.17, 15) is 0 Å². The van der Waals surface area contributed by atoms with Crippen LogP contribution in [0.1, 0.15) is 0 Å². The molecule has 0 spiro atoms. The lowest BCUT2D eigenvalue weighted by molar-refractivity contribution is 1.18. The summed E-state index contributed by atoms with van der Waals surface area (Å²) in [6.07, 6.45) is 0. The molecule has 0 saturated carbocycles. The fourth-order valence-electron chi connectivity index (χ4n) is 9.75. The van der Waals surface area contributed by atoms with Crippen LogP contribution >= 0.6 is 0 Å². The first-order valence-corrected chi connectivity index (χ1v) is 22.1. The quantitative estimate of drug-likeness (QED) is 0.117. The predicted octanol–water partition coefficient (Wildman–Crippen LogP) is 9.09. The summed E-state index contributed by atoms with van der Waals surface area (Å²) < 4.78 is 2.50. The van der Waals surface area contributed by atoms with Gasteiger partial charge in [-0.3, -0.25) is 0 Å². The van der Waals surface area contributed by atoms with Gasteiger partial charge in [0.15, 0.2) is 8.07 Å². The summed E-state index contributed by atoms with van der Waals surface area (Å²) in [7, 11) is -2.77. The van der Waals surface area contributed by atoms with E-state index in [-0.39, 0.29) is 6.85 Å². The van der Waals surface area contributed by atoms with Crippen molar-refractivity contribution >= 4 is 79.8 Å². The molecule has 272 valence electrons. The third kappa shape index (κ3) is 5.33. The van der Waals surface area contributed by atoms with Gasteiger partial charge in [0.1, 0.15) is 0 Å². The minimum absolute atomic E-state index is 0.00142. The van der Waals surface area contributed by atoms with E-state index in [1.807, 2.05) is 0 Å². The predicted molar refractivity (Wildman–Crippen MR) is 250 cm³/mol. The van der Waals surface area contributed by atoms with E-state index in [1.165, 1.54) is 70.3 Å². The molecule has 9 aromatic carbocycles. The largest absolute Gasteiger partial charge is 0.376 e. The summed E-state index contributed by atoms with van der Waals surface area (Å²) in [5.74, 6) is 0. The van der Waals surface area contributed by atoms with Crippen LogP contribution in [0.3, 0.4) is 0 Å². The molecule has 1 aliphatic rings. The standard InChI is InChI=1S/C54H39BN2Si/c1-5-20-40(21-6-1)55-51-33-16-13-30-47(51)48-31-15-18-35-53(48)57(55)42-23-19-22-41(38-42)56-52-34-17-14-32-49(52)50-37-36-46(39-54(50)56)58(43-24-7-2-8-25-43,44-26-9-3-10-27-44)45-28-11-4-12-29-45/h1-39H. The van der Waals surface area contributed by atoms with Crippen LogP contribution in [0.5, 0.6) is 0 Å². The van der Waals surface area contributed by atoms with Gasteiger partial charge in [0.05, 0.1) is 11.0 Å². The number of anilines is 2. The molecular formula is C54H39BN2Si. The van der Waals surface area contributed by atoms with E-state index in [0.717, 1.165) is 11.4 Å². The molecule has 0 N–H and O–H groups in total. The van der Waals surface area contributed by atoms with E-state index in [0.29, 0.717) is 0 Å². The van der Waals surface area contributed by atoms with Gasteiger partial charge in [0.25, 0.3) is 0 Å². The van der Waals surface area contributed by atoms with Crippen molar-refractivity contribution in [1.82, 2.24) is 4.57 Å². The monoisotopic (exact) mass is 754 g/mol. The molecule has 0 fully saturated rings. The van der Waals surface area contributed by atoms with Gasteiger partial charge in [-0.1, -0.05) is 206 Å². The minimum atomic E-state index is -2.77. The zero-order valence-electron chi connectivity index (χ0n) is 32.0. The number of hydrogen-bond donors (Lipinski definition) is 0. The third-order valence-electron chi connectivity index (χ3n) is 12.2. The second-order valence-electron chi connectivity index (χ2n) is 15.2. The van der Waals surface area contributed by atoms with Crippen molar-refractivity contribution in [1.29, 1.82) is 0 Å². The van der Waals surface area contributed by atoms with E-state index in [2.05, 4.69) is 246 Å². The van der Waals surface area contributed by atoms with Crippen LogP contribution in [0, 0.1) is 0 Å². The van der Waals surface area contributed by atoms with Gasteiger partial charge in [-0.25, -0.2) is 0 Å². The molecule has 4 heteroatoms. The van der Waals surface area contributed by atoms with Gasteiger partial charge in [-0.2, -0.15) is 0 Å². The molecule has 0 aliphatic carbocycles. The van der Waals surface area contributed by atoms with Gasteiger partial charge < -0.3 is 9.38 Å². The van der Waals surface area contributed by atoms with Gasteiger partial charge >= 0.3 is 6.85 Å². The number of fused-ring (bicyclic) bond motifs is 6. The van der Waals surface area contributed by atoms with Crippen LogP contribution in [-0.2, 0) is 0 Å². The topological polar surface area (TPSA) is 8.17 Å². The molecule has 0 saturated heterocycles. The Balaban J connectivity index is 1.17. The van der Waals surface area contributed by atoms with Crippen molar-refractivity contribution in [3.63, 3.8) is 0 Å². The molecule has 0 atom stereocenters. The molecule has 0 radical (unpaired) electrons. The molecule has 0 bridgehead atoms. The van der Waals surface area contributed by atoms with Gasteiger partial charge in [0.2, 0.25) is 0 Å². The van der Waals surface area contributed by atoms with E-state index in [1.54, 1.807) is 0 Å². The fraction of sp³-hybridized carbons (Fsp3) is 0. The van der Waals surface area contributed by atoms with Crippen molar-refractivity contribution in [2.45, 2.75) is 0 Å². The second kappa shape index (κ2) is 14.1. The molecule has 0 amide bonds. The molecule has 10 aromatic rings. The molecule has 2 heterocycles. The van der Waals surface area contributed by atoms with Crippen molar-refractivity contribution in [2.24, 2.45) is 0 Å². The summed E-state index contributed by atoms with van der Waals surface area (Å²) in [6, 6.07) is 87.8. The minimum Gasteiger partial charge on any atom is -0.376 e. The van der Waals surface area contributed by atoms with Crippen LogP contribution in [-0.4, -0.2) is 19.5 Å². The average molecular weight is 755 g/mol. The number of hydrogen-bond acceptors (Lipinski definition) is 1. The first-order chi connectivity index (χ1) is 28.8. The van der Waals surface area contributed by atoms with E-state index >= 15 is 0 Å². The van der Waals surface area contributed by atoms with Crippen molar-refractivity contribution in [2.75, 3.05) is 4.81 Å². The Morgan fingerprint density at radius 2 is 0.879 bits per heavy atom. The zero-order valence-corrected chi connectivity index (χ0v) is 33.0. The highest BCUT2D eigenvalue weighted by Crippen LogP contribution is 2.41. The van der Waals surface area contributed by atoms with Crippen LogP contribution in [0.15, 0.2) is 237 Å². The lowest BCUT2D eigenvalue weighted by Crippen LogP contribution is -2.74. The Bertz CT molecular complexity index is 2980. The Labute approximate surface area is 341 Å². The summed E-state index contributed by atoms with van der Waals surface area (Å²) in [5, 5.41) is 7.96. The smallest absolute Gasteiger partial charge is 0.328 e. The van der Waals surface area contributed by atoms with Crippen LogP contribution in [0.25, 0.3) is 38.6 Å². The Hall–Kier alpha value is -7.14. The van der Waals surface area contributed by atoms with Crippen molar-refractivity contribution < 1.29 is 0 Å². The number of rotatable bonds is 7. The molecule has 1 aliphatic heterocycles. The Kier molecular flexibility index (Phi) is 8.30. The lowest BCUT2D eigenvalue weighted by Gasteiger charge is -2.39. The molecule has 58 heavy (non-hydrogen) atoms. The van der Waals surface area contributed by atoms with E-state index in [4.69, 9.17) is 0 Å². The highest BCUT2D eigenvalue weighted by atomic mass is 28.3. The van der Waals surface area contributed by atoms with E-state index < -0.39 is 8.07 Å². The molecular weight excluding hydrogens is 716 g/mol. The first-order valence-electron chi connectivity index (χ1n) is 20.1. The van der Waals surface area contributed by atoms with Crippen molar-refractivity contribution in [3.8, 4) is 16.8 Å². The molecule has 11 rings (SSSR count). The van der Waals surface area contributed by atoms with Gasteiger partial charge in [0, 0.05) is 33.4 Å². The number of benzene rings is 9. The highest BCUT2D eigenvalue weighted by molar-refractivity contribution is 7.20. The zero-order chi connectivity index (χ0) is 38.5. The second-order valence-corrected chi connectivity index (χ2v) is 19.0. The summed E-state index contributed by atoms with van der Waals surface area (Å²) >= 11 is 0. The number of nitrogens with zero attached hydrogens (tertiary/aromatic N) is 2. The van der Waals surface area contributed by atoms with Gasteiger partial charge in [-0.15, -0.1) is 0 Å². The Morgan fingerprint density at radius 1 is 0.345 bits per heavy atom. The number of aromatic nitrogens is 1. The third-order valence-corrected chi connectivity index (χ3v) is 17.0. The molecule has 1 aromatic heterocycles. The Morgan fingerprint density at radius 3 is 1.57 bits per heavy atom. The summed E-state index contributed by atoms with van der Waals surface area (Å²) in [5.41, 5.74) is 11.0. The maximum absolute atomic E-state index is 2.77. The maximum atomic E-state index is 2.55. The molecule has 2 nitrogen and oxygen atoms in total. The lowest BCUT2D eigenvalue weighted by atomic mass is 9.46. The van der Waals surface area contributed by atoms with Crippen molar-refractivity contribution in [3.05, 3.63) is 237 Å². The number of para-hydroxylation sites is 2. The van der Waals surface area contributed by atoms with Crippen LogP contribution in [0.4, 0.5) is 11.4 Å². The highest BCUT2D eigenvalue weighted by Gasteiger charge is 2.42. The first kappa shape index (κ1) is 34.1. The average Bonchev–Trinajstić information content (AvgIpc) is 3.64. The van der Waals surface area contributed by atoms with Crippen LogP contribution in [0.2, 0.25) is 0 Å². The maximum Gasteiger partial charge on any atom is 0.328 e. The molecule has 0 unspecified atom stereocenters. The summed E-state index contributed by atoms with van der Waals surface area (Å²) in [6.45, 7) is 0.00142. The SMILES string of the molecule is c1ccc(B2c3ccccc3-c3ccccc3N2c2cccc(-n3c4ccccc4c4ccc([Si](c5ccccc5)(c5ccccc5)c5ccccc5)cc43)c2)cc1. The van der Waals surface area contributed by atoms with Gasteiger partial charge in [-0.05, 0) is 68.2 Å². The van der Waals surface area contributed by atoms with Crippen LogP contribution < -0.4 is 36.5 Å². The normalized spacial score (nSPS) is 12.4. The summed E-state index contributed by atoms with van der Waals surface area (Å²) in [4.78, 5) is 2.55.